The first-order valence-corrected chi connectivity index (χ1v) is 4.99. The summed E-state index contributed by atoms with van der Waals surface area (Å²) in [5.41, 5.74) is 0. The van der Waals surface area contributed by atoms with E-state index in [1.807, 2.05) is 0 Å². The Balaban J connectivity index is 2.54. The first-order valence-electron chi connectivity index (χ1n) is 4.99. The summed E-state index contributed by atoms with van der Waals surface area (Å²) < 4.78 is 0. The summed E-state index contributed by atoms with van der Waals surface area (Å²) in [4.78, 5) is 25.4. The monoisotopic (exact) mass is 215 g/mol. The normalized spacial score (nSPS) is 18.4. The van der Waals surface area contributed by atoms with Crippen molar-refractivity contribution in [3.05, 3.63) is 0 Å². The third-order valence-electron chi connectivity index (χ3n) is 2.63. The standard InChI is InChI=1S/C9H17N3O3/c1-7(8(13)14)11(2)9(15)12-5-3-10-4-6-12/h7,10H,3-6H2,1-2H3,(H,13,14). The van der Waals surface area contributed by atoms with E-state index in [1.54, 1.807) is 4.90 Å². The molecule has 6 heteroatoms. The Morgan fingerprint density at radius 3 is 2.40 bits per heavy atom. The molecule has 0 aromatic rings. The topological polar surface area (TPSA) is 72.9 Å². The lowest BCUT2D eigenvalue weighted by molar-refractivity contribution is -0.141. The van der Waals surface area contributed by atoms with Gasteiger partial charge < -0.3 is 20.2 Å². The molecule has 15 heavy (non-hydrogen) atoms. The highest BCUT2D eigenvalue weighted by Gasteiger charge is 2.26. The molecule has 0 spiro atoms. The zero-order valence-corrected chi connectivity index (χ0v) is 9.06. The number of carbonyl (C=O) groups excluding carboxylic acids is 1. The molecule has 1 aliphatic heterocycles. The molecule has 2 N–H and O–H groups in total. The van der Waals surface area contributed by atoms with E-state index in [0.29, 0.717) is 13.1 Å². The number of hydrogen-bond acceptors (Lipinski definition) is 3. The van der Waals surface area contributed by atoms with Gasteiger partial charge >= 0.3 is 12.0 Å². The van der Waals surface area contributed by atoms with Crippen molar-refractivity contribution in [3.63, 3.8) is 0 Å². The molecule has 1 rings (SSSR count). The molecule has 1 atom stereocenters. The SMILES string of the molecule is CC(C(=O)O)N(C)C(=O)N1CCNCC1. The van der Waals surface area contributed by atoms with E-state index < -0.39 is 12.0 Å². The fourth-order valence-electron chi connectivity index (χ4n) is 1.41. The van der Waals surface area contributed by atoms with Crippen molar-refractivity contribution in [3.8, 4) is 0 Å². The van der Waals surface area contributed by atoms with Gasteiger partial charge in [-0.25, -0.2) is 9.59 Å². The summed E-state index contributed by atoms with van der Waals surface area (Å²) >= 11 is 0. The van der Waals surface area contributed by atoms with E-state index >= 15 is 0 Å². The molecule has 0 saturated carbocycles. The number of piperazine rings is 1. The van der Waals surface area contributed by atoms with Gasteiger partial charge in [-0.2, -0.15) is 0 Å². The number of urea groups is 1. The third kappa shape index (κ3) is 2.82. The largest absolute Gasteiger partial charge is 0.480 e. The molecule has 0 bridgehead atoms. The maximum absolute atomic E-state index is 11.8. The van der Waals surface area contributed by atoms with Crippen LogP contribution in [0, 0.1) is 0 Å². The lowest BCUT2D eigenvalue weighted by Crippen LogP contribution is -2.53. The number of nitrogens with zero attached hydrogens (tertiary/aromatic N) is 2. The summed E-state index contributed by atoms with van der Waals surface area (Å²) in [7, 11) is 1.52. The number of likely N-dealkylation sites (N-methyl/N-ethyl adjacent to an activating group) is 1. The number of nitrogens with one attached hydrogen (secondary N) is 1. The Morgan fingerprint density at radius 1 is 1.40 bits per heavy atom. The minimum atomic E-state index is -0.985. The van der Waals surface area contributed by atoms with Crippen LogP contribution in [0.25, 0.3) is 0 Å². The van der Waals surface area contributed by atoms with Gasteiger partial charge in [-0.3, -0.25) is 0 Å². The minimum Gasteiger partial charge on any atom is -0.480 e. The molecule has 6 nitrogen and oxygen atoms in total. The van der Waals surface area contributed by atoms with Gasteiger partial charge in [-0.05, 0) is 6.92 Å². The van der Waals surface area contributed by atoms with Crippen molar-refractivity contribution in [2.75, 3.05) is 33.2 Å². The van der Waals surface area contributed by atoms with Crippen LogP contribution < -0.4 is 5.32 Å². The molecule has 0 aliphatic carbocycles. The van der Waals surface area contributed by atoms with Gasteiger partial charge in [-0.1, -0.05) is 0 Å². The van der Waals surface area contributed by atoms with Gasteiger partial charge in [-0.15, -0.1) is 0 Å². The first-order chi connectivity index (χ1) is 7.04. The average molecular weight is 215 g/mol. The Bertz CT molecular complexity index is 251. The van der Waals surface area contributed by atoms with Crippen LogP contribution in [0.1, 0.15) is 6.92 Å². The maximum atomic E-state index is 11.8. The number of aliphatic carboxylic acids is 1. The van der Waals surface area contributed by atoms with Gasteiger partial charge in [0, 0.05) is 33.2 Å². The molecule has 1 unspecified atom stereocenters. The summed E-state index contributed by atoms with van der Waals surface area (Å²) in [5, 5.41) is 11.9. The highest BCUT2D eigenvalue weighted by Crippen LogP contribution is 2.03. The van der Waals surface area contributed by atoms with Crippen LogP contribution in [0.3, 0.4) is 0 Å². The van der Waals surface area contributed by atoms with Gasteiger partial charge in [0.25, 0.3) is 0 Å². The highest BCUT2D eigenvalue weighted by atomic mass is 16.4. The molecule has 1 fully saturated rings. The Hall–Kier alpha value is -1.30. The summed E-state index contributed by atoms with van der Waals surface area (Å²) in [6.07, 6.45) is 0. The molecule has 0 radical (unpaired) electrons. The fraction of sp³-hybridized carbons (Fsp3) is 0.778. The van der Waals surface area contributed by atoms with Gasteiger partial charge in [0.05, 0.1) is 0 Å². The third-order valence-corrected chi connectivity index (χ3v) is 2.63. The van der Waals surface area contributed by atoms with E-state index in [4.69, 9.17) is 5.11 Å². The quantitative estimate of drug-likeness (QED) is 0.646. The lowest BCUT2D eigenvalue weighted by atomic mass is 10.3. The molecular weight excluding hydrogens is 198 g/mol. The van der Waals surface area contributed by atoms with Crippen molar-refractivity contribution < 1.29 is 14.7 Å². The number of carboxylic acids is 1. The van der Waals surface area contributed by atoms with Crippen LogP contribution in [0.5, 0.6) is 0 Å². The Kier molecular flexibility index (Phi) is 3.90. The predicted molar refractivity (Wildman–Crippen MR) is 54.7 cm³/mol. The summed E-state index contributed by atoms with van der Waals surface area (Å²) in [6.45, 7) is 4.30. The van der Waals surface area contributed by atoms with E-state index in [1.165, 1.54) is 18.9 Å². The highest BCUT2D eigenvalue weighted by molar-refractivity contribution is 5.82. The van der Waals surface area contributed by atoms with Crippen molar-refractivity contribution in [1.82, 2.24) is 15.1 Å². The fourth-order valence-corrected chi connectivity index (χ4v) is 1.41. The van der Waals surface area contributed by atoms with Gasteiger partial charge in [0.2, 0.25) is 0 Å². The molecule has 2 amide bonds. The van der Waals surface area contributed by atoms with E-state index in [9.17, 15) is 9.59 Å². The maximum Gasteiger partial charge on any atom is 0.326 e. The van der Waals surface area contributed by atoms with Crippen LogP contribution >= 0.6 is 0 Å². The number of rotatable bonds is 2. The molecule has 1 aliphatic rings. The van der Waals surface area contributed by atoms with E-state index in [2.05, 4.69) is 5.32 Å². The minimum absolute atomic E-state index is 0.216. The van der Waals surface area contributed by atoms with Gasteiger partial charge in [0.1, 0.15) is 6.04 Å². The van der Waals surface area contributed by atoms with Crippen molar-refractivity contribution >= 4 is 12.0 Å². The molecule has 1 saturated heterocycles. The molecule has 0 aromatic carbocycles. The number of carbonyl (C=O) groups is 2. The molecule has 0 aromatic heterocycles. The predicted octanol–water partition coefficient (Wildman–Crippen LogP) is -0.583. The van der Waals surface area contributed by atoms with Crippen molar-refractivity contribution in [2.24, 2.45) is 0 Å². The van der Waals surface area contributed by atoms with E-state index in [-0.39, 0.29) is 6.03 Å². The van der Waals surface area contributed by atoms with Crippen LogP contribution in [0.2, 0.25) is 0 Å². The lowest BCUT2D eigenvalue weighted by Gasteiger charge is -2.32. The molecule has 1 heterocycles. The van der Waals surface area contributed by atoms with Gasteiger partial charge in [0.15, 0.2) is 0 Å². The van der Waals surface area contributed by atoms with Crippen LogP contribution in [-0.4, -0.2) is 66.2 Å². The smallest absolute Gasteiger partial charge is 0.326 e. The second-order valence-electron chi connectivity index (χ2n) is 3.64. The van der Waals surface area contributed by atoms with Crippen LogP contribution in [-0.2, 0) is 4.79 Å². The summed E-state index contributed by atoms with van der Waals surface area (Å²) in [5.74, 6) is -0.985. The second kappa shape index (κ2) is 4.97. The van der Waals surface area contributed by atoms with Crippen LogP contribution in [0.15, 0.2) is 0 Å². The molecule has 86 valence electrons. The number of carboxylic acid groups (broad SMARTS) is 1. The zero-order chi connectivity index (χ0) is 11.4. The number of amides is 2. The summed E-state index contributed by atoms with van der Waals surface area (Å²) in [6, 6.07) is -1.00. The number of hydrogen-bond donors (Lipinski definition) is 2. The first kappa shape index (κ1) is 11.8. The average Bonchev–Trinajstić information content (AvgIpc) is 2.27. The zero-order valence-electron chi connectivity index (χ0n) is 9.06. The van der Waals surface area contributed by atoms with E-state index in [0.717, 1.165) is 13.1 Å². The van der Waals surface area contributed by atoms with Crippen LogP contribution in [0.4, 0.5) is 4.79 Å². The Labute approximate surface area is 88.8 Å². The molecular formula is C9H17N3O3. The Morgan fingerprint density at radius 2 is 1.93 bits per heavy atom. The van der Waals surface area contributed by atoms with Crippen molar-refractivity contribution in [1.29, 1.82) is 0 Å². The van der Waals surface area contributed by atoms with Crippen molar-refractivity contribution in [2.45, 2.75) is 13.0 Å². The second-order valence-corrected chi connectivity index (χ2v) is 3.64.